The highest BCUT2D eigenvalue weighted by atomic mass is 79.9. The van der Waals surface area contributed by atoms with Gasteiger partial charge in [0.25, 0.3) is 0 Å². The maximum atomic E-state index is 9.36. The Morgan fingerprint density at radius 2 is 2.11 bits per heavy atom. The Balaban J connectivity index is 2.16. The maximum absolute atomic E-state index is 9.36. The zero-order valence-corrected chi connectivity index (χ0v) is 6.84. The first kappa shape index (κ1) is 6.17. The van der Waals surface area contributed by atoms with Crippen LogP contribution in [-0.4, -0.2) is 16.0 Å². The molecule has 2 aliphatic rings. The van der Waals surface area contributed by atoms with Crippen LogP contribution in [-0.2, 0) is 0 Å². The molecular weight excluding hydrogens is 180 g/mol. The minimum atomic E-state index is 0.00752. The molecule has 0 saturated heterocycles. The van der Waals surface area contributed by atoms with Gasteiger partial charge >= 0.3 is 0 Å². The van der Waals surface area contributed by atoms with Gasteiger partial charge in [0.2, 0.25) is 0 Å². The van der Waals surface area contributed by atoms with Crippen LogP contribution >= 0.6 is 15.9 Å². The molecule has 0 heterocycles. The summed E-state index contributed by atoms with van der Waals surface area (Å²) in [6, 6.07) is 0. The Bertz CT molecular complexity index is 126. The summed E-state index contributed by atoms with van der Waals surface area (Å²) in [4.78, 5) is 0.632. The molecule has 1 N–H and O–H groups in total. The van der Waals surface area contributed by atoms with Crippen molar-refractivity contribution in [3.05, 3.63) is 0 Å². The molecule has 2 fully saturated rings. The number of fused-ring (bicyclic) bond motifs is 2. The summed E-state index contributed by atoms with van der Waals surface area (Å²) >= 11 is 3.61. The highest BCUT2D eigenvalue weighted by Gasteiger charge is 2.45. The average molecular weight is 191 g/mol. The molecule has 2 bridgehead atoms. The van der Waals surface area contributed by atoms with Crippen molar-refractivity contribution in [1.29, 1.82) is 0 Å². The topological polar surface area (TPSA) is 20.2 Å². The average Bonchev–Trinajstić information content (AvgIpc) is 2.25. The number of aliphatic hydroxyl groups excluding tert-OH is 1. The van der Waals surface area contributed by atoms with E-state index in [1.54, 1.807) is 0 Å². The predicted molar refractivity (Wildman–Crippen MR) is 39.6 cm³/mol. The summed E-state index contributed by atoms with van der Waals surface area (Å²) in [5, 5.41) is 9.36. The van der Waals surface area contributed by atoms with Crippen LogP contribution in [0.5, 0.6) is 0 Å². The second-order valence-corrected chi connectivity index (χ2v) is 4.31. The van der Waals surface area contributed by atoms with E-state index in [2.05, 4.69) is 15.9 Å². The fourth-order valence-electron chi connectivity index (χ4n) is 2.21. The van der Waals surface area contributed by atoms with E-state index in [0.717, 1.165) is 12.3 Å². The van der Waals surface area contributed by atoms with Crippen LogP contribution in [0.25, 0.3) is 0 Å². The van der Waals surface area contributed by atoms with Crippen molar-refractivity contribution in [2.75, 3.05) is 0 Å². The zero-order valence-electron chi connectivity index (χ0n) is 5.26. The van der Waals surface area contributed by atoms with Crippen molar-refractivity contribution in [3.8, 4) is 0 Å². The normalized spacial score (nSPS) is 56.7. The molecule has 9 heavy (non-hydrogen) atoms. The lowest BCUT2D eigenvalue weighted by molar-refractivity contribution is 0.114. The van der Waals surface area contributed by atoms with Crippen LogP contribution in [0.15, 0.2) is 0 Å². The van der Waals surface area contributed by atoms with Gasteiger partial charge in [-0.25, -0.2) is 0 Å². The van der Waals surface area contributed by atoms with Gasteiger partial charge in [0.15, 0.2) is 0 Å². The predicted octanol–water partition coefficient (Wildman–Crippen LogP) is 1.54. The number of rotatable bonds is 0. The number of alkyl halides is 1. The standard InChI is InChI=1S/C7H11BrO/c8-7-4-1-2-5(7)6(9)3-4/h4-7,9H,1-3H2. The third-order valence-electron chi connectivity index (χ3n) is 2.77. The Morgan fingerprint density at radius 3 is 2.33 bits per heavy atom. The number of halogens is 1. The lowest BCUT2D eigenvalue weighted by Crippen LogP contribution is -2.16. The number of hydrogen-bond donors (Lipinski definition) is 1. The van der Waals surface area contributed by atoms with Crippen molar-refractivity contribution in [2.24, 2.45) is 11.8 Å². The first-order valence-electron chi connectivity index (χ1n) is 3.61. The molecule has 0 aliphatic heterocycles. The molecule has 52 valence electrons. The first-order valence-corrected chi connectivity index (χ1v) is 4.53. The van der Waals surface area contributed by atoms with E-state index in [9.17, 15) is 5.11 Å². The molecule has 2 saturated carbocycles. The molecule has 4 unspecified atom stereocenters. The molecule has 0 amide bonds. The van der Waals surface area contributed by atoms with Crippen molar-refractivity contribution in [3.63, 3.8) is 0 Å². The minimum absolute atomic E-state index is 0.00752. The van der Waals surface area contributed by atoms with Gasteiger partial charge in [-0.3, -0.25) is 0 Å². The molecule has 1 nitrogen and oxygen atoms in total. The zero-order chi connectivity index (χ0) is 6.43. The Hall–Kier alpha value is 0.440. The van der Waals surface area contributed by atoms with E-state index in [4.69, 9.17) is 0 Å². The van der Waals surface area contributed by atoms with E-state index in [-0.39, 0.29) is 6.10 Å². The summed E-state index contributed by atoms with van der Waals surface area (Å²) in [5.41, 5.74) is 0. The van der Waals surface area contributed by atoms with Crippen molar-refractivity contribution < 1.29 is 5.11 Å². The van der Waals surface area contributed by atoms with Crippen LogP contribution in [0.4, 0.5) is 0 Å². The van der Waals surface area contributed by atoms with Crippen molar-refractivity contribution >= 4 is 15.9 Å². The molecule has 2 rings (SSSR count). The highest BCUT2D eigenvalue weighted by Crippen LogP contribution is 2.48. The Labute approximate surface area is 63.6 Å². The number of hydrogen-bond acceptors (Lipinski definition) is 1. The largest absolute Gasteiger partial charge is 0.393 e. The molecular formula is C7H11BrO. The van der Waals surface area contributed by atoms with Gasteiger partial charge in [-0.1, -0.05) is 15.9 Å². The second-order valence-electron chi connectivity index (χ2n) is 3.25. The summed E-state index contributed by atoms with van der Waals surface area (Å²) in [6.07, 6.45) is 3.62. The molecule has 0 spiro atoms. The number of aliphatic hydroxyl groups is 1. The molecule has 0 radical (unpaired) electrons. The van der Waals surface area contributed by atoms with Crippen molar-refractivity contribution in [1.82, 2.24) is 0 Å². The lowest BCUT2D eigenvalue weighted by atomic mass is 9.98. The van der Waals surface area contributed by atoms with Gasteiger partial charge in [-0.05, 0) is 31.1 Å². The first-order chi connectivity index (χ1) is 4.29. The quantitative estimate of drug-likeness (QED) is 0.576. The van der Waals surface area contributed by atoms with Gasteiger partial charge in [-0.15, -0.1) is 0 Å². The molecule has 0 aromatic rings. The summed E-state index contributed by atoms with van der Waals surface area (Å²) in [6.45, 7) is 0. The Morgan fingerprint density at radius 1 is 1.33 bits per heavy atom. The van der Waals surface area contributed by atoms with Gasteiger partial charge in [0.05, 0.1) is 6.10 Å². The smallest absolute Gasteiger partial charge is 0.0582 e. The SMILES string of the molecule is OC1CC2CCC1C2Br. The van der Waals surface area contributed by atoms with E-state index in [0.29, 0.717) is 10.7 Å². The molecule has 4 atom stereocenters. The molecule has 2 aliphatic carbocycles. The summed E-state index contributed by atoms with van der Waals surface area (Å²) < 4.78 is 0. The van der Waals surface area contributed by atoms with E-state index < -0.39 is 0 Å². The monoisotopic (exact) mass is 190 g/mol. The van der Waals surface area contributed by atoms with Crippen LogP contribution in [0.3, 0.4) is 0 Å². The summed E-state index contributed by atoms with van der Waals surface area (Å²) in [7, 11) is 0. The highest BCUT2D eigenvalue weighted by molar-refractivity contribution is 9.09. The van der Waals surface area contributed by atoms with Crippen molar-refractivity contribution in [2.45, 2.75) is 30.2 Å². The molecule has 0 aromatic heterocycles. The van der Waals surface area contributed by atoms with Gasteiger partial charge in [0, 0.05) is 4.83 Å². The van der Waals surface area contributed by atoms with Crippen LogP contribution in [0, 0.1) is 11.8 Å². The van der Waals surface area contributed by atoms with E-state index in [1.807, 2.05) is 0 Å². The van der Waals surface area contributed by atoms with Gasteiger partial charge < -0.3 is 5.11 Å². The minimum Gasteiger partial charge on any atom is -0.393 e. The van der Waals surface area contributed by atoms with Crippen LogP contribution in [0.2, 0.25) is 0 Å². The van der Waals surface area contributed by atoms with Crippen LogP contribution < -0.4 is 0 Å². The maximum Gasteiger partial charge on any atom is 0.0582 e. The summed E-state index contributed by atoms with van der Waals surface area (Å²) in [5.74, 6) is 1.36. The fraction of sp³-hybridized carbons (Fsp3) is 1.00. The third kappa shape index (κ3) is 0.761. The second kappa shape index (κ2) is 1.96. The van der Waals surface area contributed by atoms with Gasteiger partial charge in [-0.2, -0.15) is 0 Å². The molecule has 0 aromatic carbocycles. The Kier molecular flexibility index (Phi) is 1.34. The van der Waals surface area contributed by atoms with Gasteiger partial charge in [0.1, 0.15) is 0 Å². The van der Waals surface area contributed by atoms with Crippen LogP contribution in [0.1, 0.15) is 19.3 Å². The molecule has 2 heteroatoms. The lowest BCUT2D eigenvalue weighted by Gasteiger charge is -2.14. The van der Waals surface area contributed by atoms with E-state index >= 15 is 0 Å². The van der Waals surface area contributed by atoms with E-state index in [1.165, 1.54) is 12.8 Å². The third-order valence-corrected chi connectivity index (χ3v) is 4.20. The fourth-order valence-corrected chi connectivity index (χ4v) is 3.31.